The maximum absolute atomic E-state index is 13.8. The largest absolute Gasteiger partial charge is 0.316 e. The number of rotatable bonds is 5. The molecule has 1 aromatic carbocycles. The molecule has 2 rings (SSSR count). The van der Waals surface area contributed by atoms with Gasteiger partial charge >= 0.3 is 0 Å². The van der Waals surface area contributed by atoms with Gasteiger partial charge in [-0.15, -0.1) is 0 Å². The highest BCUT2D eigenvalue weighted by atomic mass is 35.5. The first-order valence-corrected chi connectivity index (χ1v) is 7.44. The minimum atomic E-state index is -0.201. The van der Waals surface area contributed by atoms with Crippen LogP contribution in [0.5, 0.6) is 0 Å². The summed E-state index contributed by atoms with van der Waals surface area (Å²) in [4.78, 5) is 2.28. The van der Waals surface area contributed by atoms with Gasteiger partial charge in [0.1, 0.15) is 5.82 Å². The van der Waals surface area contributed by atoms with Gasteiger partial charge < -0.3 is 5.32 Å². The maximum atomic E-state index is 13.8. The van der Waals surface area contributed by atoms with Crippen LogP contribution in [0, 0.1) is 11.7 Å². The van der Waals surface area contributed by atoms with Gasteiger partial charge in [0.15, 0.2) is 0 Å². The molecule has 1 saturated heterocycles. The lowest BCUT2D eigenvalue weighted by Crippen LogP contribution is -2.38. The second kappa shape index (κ2) is 7.22. The van der Waals surface area contributed by atoms with Crippen LogP contribution in [0.1, 0.15) is 25.3 Å². The molecular weight excluding hydrogens is 263 g/mol. The first-order chi connectivity index (χ1) is 9.20. The molecule has 19 heavy (non-hydrogen) atoms. The van der Waals surface area contributed by atoms with E-state index in [-0.39, 0.29) is 5.82 Å². The quantitative estimate of drug-likeness (QED) is 0.892. The molecule has 1 aliphatic rings. The number of benzene rings is 1. The Morgan fingerprint density at radius 1 is 1.47 bits per heavy atom. The van der Waals surface area contributed by atoms with Crippen LogP contribution in [0.25, 0.3) is 0 Å². The van der Waals surface area contributed by atoms with Crippen LogP contribution >= 0.6 is 11.6 Å². The zero-order valence-electron chi connectivity index (χ0n) is 11.5. The average Bonchev–Trinajstić information content (AvgIpc) is 2.43. The fourth-order valence-electron chi connectivity index (χ4n) is 2.66. The van der Waals surface area contributed by atoms with E-state index in [1.54, 1.807) is 12.1 Å². The lowest BCUT2D eigenvalue weighted by atomic mass is 9.99. The van der Waals surface area contributed by atoms with E-state index in [4.69, 9.17) is 11.6 Å². The van der Waals surface area contributed by atoms with Crippen molar-refractivity contribution in [3.05, 3.63) is 34.6 Å². The summed E-state index contributed by atoms with van der Waals surface area (Å²) >= 11 is 6.09. The zero-order valence-corrected chi connectivity index (χ0v) is 12.2. The van der Waals surface area contributed by atoms with Gasteiger partial charge in [0.25, 0.3) is 0 Å². The summed E-state index contributed by atoms with van der Waals surface area (Å²) in [7, 11) is 0. The number of nitrogens with zero attached hydrogens (tertiary/aromatic N) is 1. The van der Waals surface area contributed by atoms with E-state index in [0.29, 0.717) is 23.0 Å². The Morgan fingerprint density at radius 3 is 2.95 bits per heavy atom. The average molecular weight is 285 g/mol. The van der Waals surface area contributed by atoms with Crippen molar-refractivity contribution in [3.8, 4) is 0 Å². The summed E-state index contributed by atoms with van der Waals surface area (Å²) in [5, 5.41) is 3.95. The number of nitrogens with one attached hydrogen (secondary N) is 1. The molecule has 0 amide bonds. The van der Waals surface area contributed by atoms with Crippen LogP contribution in [0.4, 0.5) is 4.39 Å². The lowest BCUT2D eigenvalue weighted by molar-refractivity contribution is 0.207. The highest BCUT2D eigenvalue weighted by Crippen LogP contribution is 2.22. The predicted octanol–water partition coefficient (Wildman–Crippen LogP) is 3.30. The van der Waals surface area contributed by atoms with Crippen LogP contribution in [0.3, 0.4) is 0 Å². The Morgan fingerprint density at radius 2 is 2.32 bits per heavy atom. The molecule has 0 radical (unpaired) electrons. The highest BCUT2D eigenvalue weighted by Gasteiger charge is 2.18. The Bertz CT molecular complexity index is 385. The second-order valence-electron chi connectivity index (χ2n) is 5.24. The Hall–Kier alpha value is -0.640. The third kappa shape index (κ3) is 4.16. The normalized spacial score (nSPS) is 19.9. The SMILES string of the molecule is CCN(Cc1c(F)cccc1Cl)CC1CCCNC1. The number of piperidine rings is 1. The lowest BCUT2D eigenvalue weighted by Gasteiger charge is -2.29. The molecule has 1 aliphatic heterocycles. The topological polar surface area (TPSA) is 15.3 Å². The van der Waals surface area contributed by atoms with Gasteiger partial charge in [-0.2, -0.15) is 0 Å². The molecule has 0 spiro atoms. The number of halogens is 2. The van der Waals surface area contributed by atoms with E-state index < -0.39 is 0 Å². The van der Waals surface area contributed by atoms with Crippen molar-refractivity contribution in [2.24, 2.45) is 5.92 Å². The third-order valence-electron chi connectivity index (χ3n) is 3.81. The summed E-state index contributed by atoms with van der Waals surface area (Å²) in [6.45, 7) is 6.84. The summed E-state index contributed by atoms with van der Waals surface area (Å²) in [5.74, 6) is 0.465. The van der Waals surface area contributed by atoms with Gasteiger partial charge in [0, 0.05) is 23.7 Å². The van der Waals surface area contributed by atoms with Gasteiger partial charge in [-0.3, -0.25) is 4.90 Å². The molecule has 0 aliphatic carbocycles. The van der Waals surface area contributed by atoms with Crippen LogP contribution in [-0.2, 0) is 6.54 Å². The van der Waals surface area contributed by atoms with Crippen molar-refractivity contribution in [1.82, 2.24) is 10.2 Å². The summed E-state index contributed by atoms with van der Waals surface area (Å²) in [6.07, 6.45) is 2.50. The van der Waals surface area contributed by atoms with E-state index in [1.165, 1.54) is 18.9 Å². The van der Waals surface area contributed by atoms with Gasteiger partial charge in [0.2, 0.25) is 0 Å². The molecule has 2 nitrogen and oxygen atoms in total. The maximum Gasteiger partial charge on any atom is 0.129 e. The fourth-order valence-corrected chi connectivity index (χ4v) is 2.88. The minimum Gasteiger partial charge on any atom is -0.316 e. The molecular formula is C15H22ClFN2. The standard InChI is InChI=1S/C15H22ClFN2/c1-2-19(10-12-5-4-8-18-9-12)11-13-14(16)6-3-7-15(13)17/h3,6-7,12,18H,2,4-5,8-11H2,1H3. The first kappa shape index (κ1) is 14.8. The third-order valence-corrected chi connectivity index (χ3v) is 4.16. The monoisotopic (exact) mass is 284 g/mol. The van der Waals surface area contributed by atoms with Crippen LogP contribution < -0.4 is 5.32 Å². The van der Waals surface area contributed by atoms with Gasteiger partial charge in [-0.05, 0) is 50.5 Å². The predicted molar refractivity (Wildman–Crippen MR) is 78.0 cm³/mol. The second-order valence-corrected chi connectivity index (χ2v) is 5.65. The summed E-state index contributed by atoms with van der Waals surface area (Å²) < 4.78 is 13.8. The van der Waals surface area contributed by atoms with Crippen molar-refractivity contribution in [2.45, 2.75) is 26.3 Å². The van der Waals surface area contributed by atoms with Crippen LogP contribution in [0.15, 0.2) is 18.2 Å². The van der Waals surface area contributed by atoms with E-state index >= 15 is 0 Å². The molecule has 1 heterocycles. The molecule has 0 aromatic heterocycles. The van der Waals surface area contributed by atoms with Crippen molar-refractivity contribution in [1.29, 1.82) is 0 Å². The Balaban J connectivity index is 1.98. The van der Waals surface area contributed by atoms with E-state index in [0.717, 1.165) is 26.2 Å². The highest BCUT2D eigenvalue weighted by molar-refractivity contribution is 6.31. The molecule has 1 unspecified atom stereocenters. The van der Waals surface area contributed by atoms with Gasteiger partial charge in [-0.25, -0.2) is 4.39 Å². The van der Waals surface area contributed by atoms with E-state index in [9.17, 15) is 4.39 Å². The smallest absolute Gasteiger partial charge is 0.129 e. The van der Waals surface area contributed by atoms with Crippen LogP contribution in [-0.4, -0.2) is 31.1 Å². The number of hydrogen-bond acceptors (Lipinski definition) is 2. The van der Waals surface area contributed by atoms with Crippen molar-refractivity contribution < 1.29 is 4.39 Å². The first-order valence-electron chi connectivity index (χ1n) is 7.06. The van der Waals surface area contributed by atoms with Crippen molar-refractivity contribution in [3.63, 3.8) is 0 Å². The van der Waals surface area contributed by atoms with Gasteiger partial charge in [-0.1, -0.05) is 24.6 Å². The van der Waals surface area contributed by atoms with E-state index in [2.05, 4.69) is 17.1 Å². The van der Waals surface area contributed by atoms with Crippen molar-refractivity contribution >= 4 is 11.6 Å². The summed E-state index contributed by atoms with van der Waals surface area (Å²) in [5.41, 5.74) is 0.620. The molecule has 1 N–H and O–H groups in total. The molecule has 1 fully saturated rings. The fraction of sp³-hybridized carbons (Fsp3) is 0.600. The molecule has 4 heteroatoms. The molecule has 0 bridgehead atoms. The van der Waals surface area contributed by atoms with Crippen LogP contribution in [0.2, 0.25) is 5.02 Å². The summed E-state index contributed by atoms with van der Waals surface area (Å²) in [6, 6.07) is 4.90. The molecule has 106 valence electrons. The van der Waals surface area contributed by atoms with Gasteiger partial charge in [0.05, 0.1) is 0 Å². The Labute approximate surface area is 119 Å². The molecule has 1 atom stereocenters. The zero-order chi connectivity index (χ0) is 13.7. The number of hydrogen-bond donors (Lipinski definition) is 1. The Kier molecular flexibility index (Phi) is 5.61. The molecule has 0 saturated carbocycles. The van der Waals surface area contributed by atoms with E-state index in [1.807, 2.05) is 0 Å². The molecule has 1 aromatic rings. The minimum absolute atomic E-state index is 0.201. The van der Waals surface area contributed by atoms with Crippen molar-refractivity contribution in [2.75, 3.05) is 26.2 Å².